The Morgan fingerprint density at radius 2 is 1.54 bits per heavy atom. The summed E-state index contributed by atoms with van der Waals surface area (Å²) in [5.41, 5.74) is 7.76. The summed E-state index contributed by atoms with van der Waals surface area (Å²) in [7, 11) is 0. The molecular formula is C29H32N4O4. The fourth-order valence-corrected chi connectivity index (χ4v) is 3.49. The molecule has 3 rings (SSSR count). The van der Waals surface area contributed by atoms with Crippen molar-refractivity contribution in [1.82, 2.24) is 10.7 Å². The molecule has 0 spiro atoms. The summed E-state index contributed by atoms with van der Waals surface area (Å²) >= 11 is 0. The van der Waals surface area contributed by atoms with E-state index in [1.54, 1.807) is 24.3 Å². The highest BCUT2D eigenvalue weighted by Gasteiger charge is 2.12. The van der Waals surface area contributed by atoms with Gasteiger partial charge in [-0.25, -0.2) is 5.43 Å². The fraction of sp³-hybridized carbons (Fsp3) is 0.241. The van der Waals surface area contributed by atoms with E-state index in [-0.39, 0.29) is 19.1 Å². The van der Waals surface area contributed by atoms with Crippen molar-refractivity contribution in [2.45, 2.75) is 40.2 Å². The Kier molecular flexibility index (Phi) is 9.55. The third kappa shape index (κ3) is 8.31. The van der Waals surface area contributed by atoms with Crippen molar-refractivity contribution in [2.75, 3.05) is 11.9 Å². The lowest BCUT2D eigenvalue weighted by molar-refractivity contribution is -0.139. The number of carbonyl (C=O) groups excluding carboxylic acids is 3. The highest BCUT2D eigenvalue weighted by molar-refractivity contribution is 6.35. The van der Waals surface area contributed by atoms with Crippen LogP contribution < -0.4 is 20.8 Å². The number of hydrogen-bond acceptors (Lipinski definition) is 5. The van der Waals surface area contributed by atoms with Gasteiger partial charge in [0.25, 0.3) is 5.91 Å². The maximum Gasteiger partial charge on any atom is 0.329 e. The van der Waals surface area contributed by atoms with Gasteiger partial charge < -0.3 is 15.4 Å². The molecule has 0 aliphatic carbocycles. The van der Waals surface area contributed by atoms with Crippen LogP contribution in [-0.2, 0) is 20.9 Å². The van der Waals surface area contributed by atoms with Gasteiger partial charge in [0.05, 0.1) is 6.21 Å². The van der Waals surface area contributed by atoms with Gasteiger partial charge in [0, 0.05) is 12.2 Å². The zero-order valence-corrected chi connectivity index (χ0v) is 21.5. The minimum absolute atomic E-state index is 0.131. The number of carbonyl (C=O) groups is 3. The molecule has 0 fully saturated rings. The fourth-order valence-electron chi connectivity index (χ4n) is 3.49. The van der Waals surface area contributed by atoms with Gasteiger partial charge >= 0.3 is 11.8 Å². The number of nitrogens with zero attached hydrogens (tertiary/aromatic N) is 1. The van der Waals surface area contributed by atoms with Gasteiger partial charge in [-0.3, -0.25) is 14.4 Å². The van der Waals surface area contributed by atoms with Crippen molar-refractivity contribution < 1.29 is 19.1 Å². The number of amides is 3. The Bertz CT molecular complexity index is 1250. The predicted molar refractivity (Wildman–Crippen MR) is 145 cm³/mol. The molecule has 8 nitrogen and oxygen atoms in total. The standard InChI is InChI=1S/C29H32N4O4/c1-19(2)24-12-8-22(9-13-24)16-30-28(35)29(36)33-31-17-23-10-14-25(15-11-23)37-18-26(34)32-27-20(3)6-5-7-21(27)4/h5-15,17,19H,16,18H2,1-4H3,(H,30,35)(H,32,34)(H,33,36)/b31-17-. The third-order valence-electron chi connectivity index (χ3n) is 5.68. The van der Waals surface area contributed by atoms with E-state index in [1.807, 2.05) is 56.3 Å². The lowest BCUT2D eigenvalue weighted by Gasteiger charge is -2.12. The van der Waals surface area contributed by atoms with Crippen LogP contribution in [0.25, 0.3) is 0 Å². The highest BCUT2D eigenvalue weighted by Crippen LogP contribution is 2.19. The first-order valence-corrected chi connectivity index (χ1v) is 12.0. The molecule has 0 aliphatic rings. The molecule has 3 aromatic carbocycles. The molecule has 3 N–H and O–H groups in total. The Hall–Kier alpha value is -4.46. The smallest absolute Gasteiger partial charge is 0.329 e. The predicted octanol–water partition coefficient (Wildman–Crippen LogP) is 4.21. The number of hydrogen-bond donors (Lipinski definition) is 3. The SMILES string of the molecule is Cc1cccc(C)c1NC(=O)COc1ccc(/C=N\NC(=O)C(=O)NCc2ccc(C(C)C)cc2)cc1. The molecule has 0 saturated carbocycles. The molecule has 8 heteroatoms. The Morgan fingerprint density at radius 3 is 2.16 bits per heavy atom. The largest absolute Gasteiger partial charge is 0.484 e. The molecule has 0 unspecified atom stereocenters. The van der Waals surface area contributed by atoms with Crippen LogP contribution in [0.15, 0.2) is 71.8 Å². The lowest BCUT2D eigenvalue weighted by atomic mass is 10.0. The number of benzene rings is 3. The number of ether oxygens (including phenoxy) is 1. The number of rotatable bonds is 9. The Morgan fingerprint density at radius 1 is 0.892 bits per heavy atom. The van der Waals surface area contributed by atoms with Crippen LogP contribution in [0.4, 0.5) is 5.69 Å². The second-order valence-corrected chi connectivity index (χ2v) is 8.95. The van der Waals surface area contributed by atoms with E-state index < -0.39 is 11.8 Å². The van der Waals surface area contributed by atoms with Gasteiger partial charge in [-0.05, 0) is 71.8 Å². The Labute approximate surface area is 217 Å². The van der Waals surface area contributed by atoms with Crippen LogP contribution >= 0.6 is 0 Å². The summed E-state index contributed by atoms with van der Waals surface area (Å²) in [6, 6.07) is 20.5. The van der Waals surface area contributed by atoms with E-state index >= 15 is 0 Å². The van der Waals surface area contributed by atoms with E-state index in [4.69, 9.17) is 4.74 Å². The normalized spacial score (nSPS) is 10.8. The van der Waals surface area contributed by atoms with Crippen LogP contribution in [0.1, 0.15) is 47.6 Å². The van der Waals surface area contributed by atoms with Crippen LogP contribution in [0.3, 0.4) is 0 Å². The number of nitrogens with one attached hydrogen (secondary N) is 3. The lowest BCUT2D eigenvalue weighted by Crippen LogP contribution is -2.37. The molecule has 0 atom stereocenters. The van der Waals surface area contributed by atoms with Crippen LogP contribution in [0, 0.1) is 13.8 Å². The zero-order chi connectivity index (χ0) is 26.8. The molecule has 0 heterocycles. The maximum absolute atomic E-state index is 12.3. The number of hydrazone groups is 1. The van der Waals surface area contributed by atoms with E-state index in [2.05, 4.69) is 35.0 Å². The second kappa shape index (κ2) is 13.0. The van der Waals surface area contributed by atoms with Crippen LogP contribution in [0.5, 0.6) is 5.75 Å². The maximum atomic E-state index is 12.3. The number of aryl methyl sites for hydroxylation is 2. The van der Waals surface area contributed by atoms with Crippen molar-refractivity contribution in [3.8, 4) is 5.75 Å². The first-order valence-electron chi connectivity index (χ1n) is 12.0. The van der Waals surface area contributed by atoms with Crippen LogP contribution in [0.2, 0.25) is 0 Å². The van der Waals surface area contributed by atoms with Crippen molar-refractivity contribution in [3.05, 3.63) is 94.5 Å². The van der Waals surface area contributed by atoms with E-state index in [1.165, 1.54) is 11.8 Å². The van der Waals surface area contributed by atoms with Crippen molar-refractivity contribution in [3.63, 3.8) is 0 Å². The van der Waals surface area contributed by atoms with Crippen molar-refractivity contribution in [1.29, 1.82) is 0 Å². The summed E-state index contributed by atoms with van der Waals surface area (Å²) in [5.74, 6) is -0.940. The van der Waals surface area contributed by atoms with Gasteiger partial charge in [0.1, 0.15) is 5.75 Å². The summed E-state index contributed by atoms with van der Waals surface area (Å²) in [5, 5.41) is 9.27. The van der Waals surface area contributed by atoms with Gasteiger partial charge in [0.2, 0.25) is 0 Å². The van der Waals surface area contributed by atoms with Gasteiger partial charge in [-0.15, -0.1) is 0 Å². The summed E-state index contributed by atoms with van der Waals surface area (Å²) in [6.07, 6.45) is 1.41. The molecule has 0 bridgehead atoms. The quantitative estimate of drug-likeness (QED) is 0.232. The average molecular weight is 501 g/mol. The Balaban J connectivity index is 1.41. The second-order valence-electron chi connectivity index (χ2n) is 8.95. The molecule has 3 amide bonds. The van der Waals surface area contributed by atoms with Crippen molar-refractivity contribution >= 4 is 29.6 Å². The van der Waals surface area contributed by atoms with E-state index in [0.29, 0.717) is 17.2 Å². The number of para-hydroxylation sites is 1. The first kappa shape index (κ1) is 27.1. The molecule has 3 aromatic rings. The highest BCUT2D eigenvalue weighted by atomic mass is 16.5. The molecule has 0 saturated heterocycles. The monoisotopic (exact) mass is 500 g/mol. The van der Waals surface area contributed by atoms with Crippen molar-refractivity contribution in [2.24, 2.45) is 5.10 Å². The molecular weight excluding hydrogens is 468 g/mol. The summed E-state index contributed by atoms with van der Waals surface area (Å²) in [4.78, 5) is 36.2. The van der Waals surface area contributed by atoms with E-state index in [0.717, 1.165) is 22.4 Å². The molecule has 0 aliphatic heterocycles. The van der Waals surface area contributed by atoms with E-state index in [9.17, 15) is 14.4 Å². The molecule has 0 aromatic heterocycles. The minimum Gasteiger partial charge on any atom is -0.484 e. The van der Waals surface area contributed by atoms with Crippen LogP contribution in [-0.4, -0.2) is 30.5 Å². The van der Waals surface area contributed by atoms with Gasteiger partial charge in [-0.2, -0.15) is 5.10 Å². The molecule has 37 heavy (non-hydrogen) atoms. The topological polar surface area (TPSA) is 109 Å². The minimum atomic E-state index is -0.857. The van der Waals surface area contributed by atoms with Gasteiger partial charge in [0.15, 0.2) is 6.61 Å². The van der Waals surface area contributed by atoms with Gasteiger partial charge in [-0.1, -0.05) is 56.3 Å². The average Bonchev–Trinajstić information content (AvgIpc) is 2.89. The zero-order valence-electron chi connectivity index (χ0n) is 21.5. The summed E-state index contributed by atoms with van der Waals surface area (Å²) < 4.78 is 5.55. The summed E-state index contributed by atoms with van der Waals surface area (Å²) in [6.45, 7) is 8.21. The number of anilines is 1. The first-order chi connectivity index (χ1) is 17.7. The molecule has 192 valence electrons. The third-order valence-corrected chi connectivity index (χ3v) is 5.68. The molecule has 0 radical (unpaired) electrons.